The second-order valence-electron chi connectivity index (χ2n) is 5.51. The number of aliphatic hydroxyl groups excluding tert-OH is 2. The number of benzene rings is 2. The van der Waals surface area contributed by atoms with Gasteiger partial charge in [-0.25, -0.2) is 0 Å². The van der Waals surface area contributed by atoms with E-state index >= 15 is 0 Å². The third kappa shape index (κ3) is 1.50. The lowest BCUT2D eigenvalue weighted by Crippen LogP contribution is -2.19. The summed E-state index contributed by atoms with van der Waals surface area (Å²) in [4.78, 5) is 0. The topological polar surface area (TPSA) is 40.5 Å². The second-order valence-corrected chi connectivity index (χ2v) is 5.51. The van der Waals surface area contributed by atoms with Crippen LogP contribution in [0.4, 0.5) is 0 Å². The molecule has 0 saturated heterocycles. The van der Waals surface area contributed by atoms with Crippen molar-refractivity contribution in [3.05, 3.63) is 52.6 Å². The van der Waals surface area contributed by atoms with Gasteiger partial charge in [-0.1, -0.05) is 36.4 Å². The first-order valence-electron chi connectivity index (χ1n) is 6.87. The molecule has 2 nitrogen and oxygen atoms in total. The predicted molar refractivity (Wildman–Crippen MR) is 76.0 cm³/mol. The van der Waals surface area contributed by atoms with Gasteiger partial charge in [0.05, 0.1) is 0 Å². The van der Waals surface area contributed by atoms with Crippen LogP contribution in [0.2, 0.25) is 0 Å². The van der Waals surface area contributed by atoms with Crippen molar-refractivity contribution in [2.45, 2.75) is 31.5 Å². The van der Waals surface area contributed by atoms with Crippen molar-refractivity contribution in [3.63, 3.8) is 0 Å². The highest BCUT2D eigenvalue weighted by Gasteiger charge is 2.24. The predicted octanol–water partition coefficient (Wildman–Crippen LogP) is 2.75. The molecule has 0 radical (unpaired) electrons. The average Bonchev–Trinajstić information content (AvgIpc) is 2.91. The Hall–Kier alpha value is -1.64. The van der Waals surface area contributed by atoms with Gasteiger partial charge in [0, 0.05) is 0 Å². The van der Waals surface area contributed by atoms with E-state index in [9.17, 15) is 10.2 Å². The third-order valence-electron chi connectivity index (χ3n) is 4.46. The summed E-state index contributed by atoms with van der Waals surface area (Å²) in [5, 5.41) is 22.3. The first kappa shape index (κ1) is 11.2. The average molecular weight is 252 g/mol. The van der Waals surface area contributed by atoms with Gasteiger partial charge in [0.2, 0.25) is 0 Å². The molecule has 0 saturated carbocycles. The van der Waals surface area contributed by atoms with E-state index in [4.69, 9.17) is 0 Å². The third-order valence-corrected chi connectivity index (χ3v) is 4.46. The smallest absolute Gasteiger partial charge is 0.109 e. The lowest BCUT2D eigenvalue weighted by molar-refractivity contribution is 0.0471. The SMILES string of the molecule is O[C@H]1C=Cc2c(ccc3c4c(ccc23)CCC4)[C@@H]1O. The Morgan fingerprint density at radius 3 is 2.68 bits per heavy atom. The zero-order chi connectivity index (χ0) is 13.0. The zero-order valence-electron chi connectivity index (χ0n) is 10.6. The molecule has 2 heteroatoms. The highest BCUT2D eigenvalue weighted by Crippen LogP contribution is 2.37. The van der Waals surface area contributed by atoms with Crippen LogP contribution < -0.4 is 0 Å². The molecule has 2 atom stereocenters. The Kier molecular flexibility index (Phi) is 2.32. The van der Waals surface area contributed by atoms with E-state index in [1.165, 1.54) is 34.7 Å². The fourth-order valence-electron chi connectivity index (χ4n) is 3.47. The molecule has 0 unspecified atom stereocenters. The van der Waals surface area contributed by atoms with E-state index in [0.29, 0.717) is 0 Å². The quantitative estimate of drug-likeness (QED) is 0.757. The largest absolute Gasteiger partial charge is 0.386 e. The second kappa shape index (κ2) is 3.92. The highest BCUT2D eigenvalue weighted by molar-refractivity contribution is 5.95. The molecule has 2 N–H and O–H groups in total. The molecule has 2 aliphatic rings. The Morgan fingerprint density at radius 2 is 1.79 bits per heavy atom. The van der Waals surface area contributed by atoms with Crippen LogP contribution in [0.1, 0.15) is 34.8 Å². The number of hydrogen-bond acceptors (Lipinski definition) is 2. The van der Waals surface area contributed by atoms with Crippen LogP contribution in [0.25, 0.3) is 16.8 Å². The van der Waals surface area contributed by atoms with Crippen LogP contribution in [0.15, 0.2) is 30.3 Å². The van der Waals surface area contributed by atoms with Gasteiger partial charge in [0.1, 0.15) is 12.2 Å². The summed E-state index contributed by atoms with van der Waals surface area (Å²) in [7, 11) is 0. The molecule has 0 aliphatic heterocycles. The normalized spacial score (nSPS) is 24.5. The molecule has 0 heterocycles. The number of rotatable bonds is 0. The van der Waals surface area contributed by atoms with Gasteiger partial charge >= 0.3 is 0 Å². The molecule has 2 aromatic carbocycles. The van der Waals surface area contributed by atoms with Crippen molar-refractivity contribution in [1.82, 2.24) is 0 Å². The minimum absolute atomic E-state index is 0.792. The van der Waals surface area contributed by atoms with E-state index < -0.39 is 12.2 Å². The van der Waals surface area contributed by atoms with E-state index in [2.05, 4.69) is 18.2 Å². The molecular formula is C17H16O2. The minimum atomic E-state index is -0.808. The Morgan fingerprint density at radius 1 is 0.947 bits per heavy atom. The van der Waals surface area contributed by atoms with E-state index in [1.54, 1.807) is 6.08 Å². The van der Waals surface area contributed by atoms with Crippen LogP contribution in [-0.4, -0.2) is 16.3 Å². The van der Waals surface area contributed by atoms with Crippen LogP contribution >= 0.6 is 0 Å². The Bertz CT molecular complexity index is 700. The van der Waals surface area contributed by atoms with Crippen molar-refractivity contribution in [2.24, 2.45) is 0 Å². The standard InChI is InChI=1S/C17H16O2/c18-16-9-8-14-13-5-4-10-2-1-3-11(10)12(13)6-7-15(14)17(16)19/h4-9,16-19H,1-3H2/t16-,17-/m0/s1. The van der Waals surface area contributed by atoms with Crippen molar-refractivity contribution in [3.8, 4) is 0 Å². The summed E-state index contributed by atoms with van der Waals surface area (Å²) in [6, 6.07) is 8.45. The summed E-state index contributed by atoms with van der Waals surface area (Å²) >= 11 is 0. The summed E-state index contributed by atoms with van der Waals surface area (Å²) in [5.41, 5.74) is 4.83. The maximum atomic E-state index is 10.1. The van der Waals surface area contributed by atoms with Gasteiger partial charge in [-0.2, -0.15) is 0 Å². The lowest BCUT2D eigenvalue weighted by atomic mass is 9.87. The van der Waals surface area contributed by atoms with Gasteiger partial charge < -0.3 is 10.2 Å². The molecule has 2 aliphatic carbocycles. The van der Waals surface area contributed by atoms with Gasteiger partial charge in [0.25, 0.3) is 0 Å². The molecule has 2 aromatic rings. The number of aryl methyl sites for hydroxylation is 2. The lowest BCUT2D eigenvalue weighted by Gasteiger charge is -2.23. The number of fused-ring (bicyclic) bond motifs is 5. The molecule has 0 spiro atoms. The maximum Gasteiger partial charge on any atom is 0.109 e. The van der Waals surface area contributed by atoms with Gasteiger partial charge in [-0.15, -0.1) is 0 Å². The van der Waals surface area contributed by atoms with Gasteiger partial charge in [0.15, 0.2) is 0 Å². The van der Waals surface area contributed by atoms with E-state index in [1.807, 2.05) is 12.1 Å². The number of aliphatic hydroxyl groups is 2. The molecule has 0 aromatic heterocycles. The van der Waals surface area contributed by atoms with Crippen molar-refractivity contribution in [1.29, 1.82) is 0 Å². The first-order valence-corrected chi connectivity index (χ1v) is 6.87. The van der Waals surface area contributed by atoms with E-state index in [-0.39, 0.29) is 0 Å². The van der Waals surface area contributed by atoms with Crippen LogP contribution in [-0.2, 0) is 12.8 Å². The molecular weight excluding hydrogens is 236 g/mol. The van der Waals surface area contributed by atoms with Crippen molar-refractivity contribution < 1.29 is 10.2 Å². The monoisotopic (exact) mass is 252 g/mol. The fraction of sp³-hybridized carbons (Fsp3) is 0.294. The molecule has 19 heavy (non-hydrogen) atoms. The summed E-state index contributed by atoms with van der Waals surface area (Å²) in [5.74, 6) is 0. The Labute approximate surface area is 112 Å². The van der Waals surface area contributed by atoms with Gasteiger partial charge in [-0.3, -0.25) is 0 Å². The maximum absolute atomic E-state index is 10.1. The van der Waals surface area contributed by atoms with Crippen molar-refractivity contribution >= 4 is 16.8 Å². The Balaban J connectivity index is 2.04. The van der Waals surface area contributed by atoms with E-state index in [0.717, 1.165) is 17.5 Å². The molecule has 0 bridgehead atoms. The molecule has 0 fully saturated rings. The minimum Gasteiger partial charge on any atom is -0.386 e. The molecule has 4 rings (SSSR count). The molecule has 0 amide bonds. The fourth-order valence-corrected chi connectivity index (χ4v) is 3.47. The van der Waals surface area contributed by atoms with Gasteiger partial charge in [-0.05, 0) is 52.3 Å². The summed E-state index contributed by atoms with van der Waals surface area (Å²) < 4.78 is 0. The summed E-state index contributed by atoms with van der Waals surface area (Å²) in [6.45, 7) is 0. The molecule has 96 valence electrons. The van der Waals surface area contributed by atoms with Crippen LogP contribution in [0.5, 0.6) is 0 Å². The number of hydrogen-bond donors (Lipinski definition) is 2. The zero-order valence-corrected chi connectivity index (χ0v) is 10.6. The van der Waals surface area contributed by atoms with Crippen molar-refractivity contribution in [2.75, 3.05) is 0 Å². The van der Waals surface area contributed by atoms with Crippen LogP contribution in [0.3, 0.4) is 0 Å². The highest BCUT2D eigenvalue weighted by atomic mass is 16.3. The first-order chi connectivity index (χ1) is 9.25. The van der Waals surface area contributed by atoms with Crippen LogP contribution in [0, 0.1) is 0 Å². The summed E-state index contributed by atoms with van der Waals surface area (Å²) in [6.07, 6.45) is 5.59.